The fraction of sp³-hybridized carbons (Fsp3) is 0.235. The van der Waals surface area contributed by atoms with E-state index >= 15 is 0 Å². The summed E-state index contributed by atoms with van der Waals surface area (Å²) in [7, 11) is 0. The quantitative estimate of drug-likeness (QED) is 0.784. The number of ether oxygens (including phenoxy) is 1. The number of hydrogen-bond donors (Lipinski definition) is 0. The number of benzene rings is 2. The summed E-state index contributed by atoms with van der Waals surface area (Å²) in [5.74, 6) is 1.09. The Bertz CT molecular complexity index is 515. The van der Waals surface area contributed by atoms with E-state index in [1.807, 2.05) is 61.5 Å². The molecule has 2 heteroatoms. The van der Waals surface area contributed by atoms with E-state index in [-0.39, 0.29) is 5.78 Å². The molecule has 98 valence electrons. The molecule has 0 unspecified atom stereocenters. The first-order chi connectivity index (χ1) is 9.28. The predicted octanol–water partition coefficient (Wildman–Crippen LogP) is 3.79. The Morgan fingerprint density at radius 3 is 2.26 bits per heavy atom. The van der Waals surface area contributed by atoms with Gasteiger partial charge >= 0.3 is 0 Å². The number of carbonyl (C=O) groups excluding carboxylic acids is 1. The maximum atomic E-state index is 11.3. The van der Waals surface area contributed by atoms with Gasteiger partial charge in [0, 0.05) is 12.8 Å². The summed E-state index contributed by atoms with van der Waals surface area (Å²) in [6.07, 6.45) is 1.10. The first kappa shape index (κ1) is 13.3. The highest BCUT2D eigenvalue weighted by Gasteiger charge is 2.01. The fourth-order valence-electron chi connectivity index (χ4n) is 1.80. The molecule has 0 heterocycles. The standard InChI is InChI=1S/C17H18O2/c1-2-16(18)12-14-8-10-17(11-9-14)19-13-15-6-4-3-5-7-15/h3-11H,2,12-13H2,1H3. The average molecular weight is 254 g/mol. The summed E-state index contributed by atoms with van der Waals surface area (Å²) in [6.45, 7) is 2.45. The second-order valence-corrected chi connectivity index (χ2v) is 4.49. The van der Waals surface area contributed by atoms with E-state index in [2.05, 4.69) is 0 Å². The largest absolute Gasteiger partial charge is 0.489 e. The number of carbonyl (C=O) groups is 1. The first-order valence-corrected chi connectivity index (χ1v) is 6.55. The molecule has 2 nitrogen and oxygen atoms in total. The van der Waals surface area contributed by atoms with Crippen molar-refractivity contribution < 1.29 is 9.53 Å². The molecular formula is C17H18O2. The van der Waals surface area contributed by atoms with Crippen molar-refractivity contribution in [3.8, 4) is 5.75 Å². The van der Waals surface area contributed by atoms with E-state index in [9.17, 15) is 4.79 Å². The lowest BCUT2D eigenvalue weighted by molar-refractivity contribution is -0.118. The van der Waals surface area contributed by atoms with Crippen LogP contribution in [0.25, 0.3) is 0 Å². The smallest absolute Gasteiger partial charge is 0.136 e. The first-order valence-electron chi connectivity index (χ1n) is 6.55. The molecule has 0 N–H and O–H groups in total. The van der Waals surface area contributed by atoms with Crippen LogP contribution in [0.15, 0.2) is 54.6 Å². The normalized spacial score (nSPS) is 10.2. The molecule has 0 aliphatic rings. The van der Waals surface area contributed by atoms with E-state index in [0.717, 1.165) is 16.9 Å². The lowest BCUT2D eigenvalue weighted by atomic mass is 10.1. The van der Waals surface area contributed by atoms with Crippen molar-refractivity contribution in [2.24, 2.45) is 0 Å². The van der Waals surface area contributed by atoms with Crippen molar-refractivity contribution in [1.82, 2.24) is 0 Å². The average Bonchev–Trinajstić information content (AvgIpc) is 2.47. The third kappa shape index (κ3) is 4.25. The van der Waals surface area contributed by atoms with E-state index in [1.54, 1.807) is 0 Å². The molecule has 0 radical (unpaired) electrons. The van der Waals surface area contributed by atoms with Gasteiger partial charge in [0.2, 0.25) is 0 Å². The third-order valence-electron chi connectivity index (χ3n) is 2.97. The van der Waals surface area contributed by atoms with E-state index in [4.69, 9.17) is 4.74 Å². The number of Topliss-reactive ketones (excluding diaryl/α,β-unsaturated/α-hetero) is 1. The summed E-state index contributed by atoms with van der Waals surface area (Å²) in [5, 5.41) is 0. The van der Waals surface area contributed by atoms with Crippen molar-refractivity contribution >= 4 is 5.78 Å². The van der Waals surface area contributed by atoms with Gasteiger partial charge in [-0.25, -0.2) is 0 Å². The van der Waals surface area contributed by atoms with Gasteiger partial charge in [0.15, 0.2) is 0 Å². The van der Waals surface area contributed by atoms with E-state index in [0.29, 0.717) is 19.4 Å². The van der Waals surface area contributed by atoms with Crippen LogP contribution in [0.4, 0.5) is 0 Å². The molecule has 0 spiro atoms. The Morgan fingerprint density at radius 1 is 0.947 bits per heavy atom. The summed E-state index contributed by atoms with van der Waals surface area (Å²) in [6, 6.07) is 17.8. The predicted molar refractivity (Wildman–Crippen MR) is 76.2 cm³/mol. The van der Waals surface area contributed by atoms with Crippen LogP contribution in [0.3, 0.4) is 0 Å². The summed E-state index contributed by atoms with van der Waals surface area (Å²) in [4.78, 5) is 11.3. The lowest BCUT2D eigenvalue weighted by Gasteiger charge is -2.07. The van der Waals surface area contributed by atoms with E-state index < -0.39 is 0 Å². The molecule has 2 aromatic rings. The second kappa shape index (κ2) is 6.74. The lowest BCUT2D eigenvalue weighted by Crippen LogP contribution is -2.00. The van der Waals surface area contributed by atoms with Crippen LogP contribution in [0.2, 0.25) is 0 Å². The highest BCUT2D eigenvalue weighted by Crippen LogP contribution is 2.15. The van der Waals surface area contributed by atoms with Gasteiger partial charge in [0.25, 0.3) is 0 Å². The molecular weight excluding hydrogens is 236 g/mol. The van der Waals surface area contributed by atoms with E-state index in [1.165, 1.54) is 0 Å². The second-order valence-electron chi connectivity index (χ2n) is 4.49. The maximum absolute atomic E-state index is 11.3. The van der Waals surface area contributed by atoms with Crippen LogP contribution in [-0.4, -0.2) is 5.78 Å². The Kier molecular flexibility index (Phi) is 4.73. The Balaban J connectivity index is 1.90. The highest BCUT2D eigenvalue weighted by atomic mass is 16.5. The molecule has 0 saturated heterocycles. The SMILES string of the molecule is CCC(=O)Cc1ccc(OCc2ccccc2)cc1. The van der Waals surface area contributed by atoms with Crippen molar-refractivity contribution in [3.05, 3.63) is 65.7 Å². The zero-order chi connectivity index (χ0) is 13.5. The van der Waals surface area contributed by atoms with Crippen LogP contribution >= 0.6 is 0 Å². The minimum absolute atomic E-state index is 0.262. The molecule has 0 aliphatic carbocycles. The van der Waals surface area contributed by atoms with Crippen LogP contribution in [0.5, 0.6) is 5.75 Å². The Hall–Kier alpha value is -2.09. The molecule has 0 aliphatic heterocycles. The minimum atomic E-state index is 0.262. The van der Waals surface area contributed by atoms with Gasteiger partial charge in [0.05, 0.1) is 0 Å². The summed E-state index contributed by atoms with van der Waals surface area (Å²) < 4.78 is 5.69. The van der Waals surface area contributed by atoms with Gasteiger partial charge in [-0.3, -0.25) is 4.79 Å². The van der Waals surface area contributed by atoms with Gasteiger partial charge < -0.3 is 4.74 Å². The van der Waals surface area contributed by atoms with Crippen LogP contribution in [0.1, 0.15) is 24.5 Å². The van der Waals surface area contributed by atoms with Crippen LogP contribution in [-0.2, 0) is 17.8 Å². The fourth-order valence-corrected chi connectivity index (χ4v) is 1.80. The molecule has 19 heavy (non-hydrogen) atoms. The topological polar surface area (TPSA) is 26.3 Å². The number of ketones is 1. The summed E-state index contributed by atoms with van der Waals surface area (Å²) in [5.41, 5.74) is 2.19. The number of rotatable bonds is 6. The van der Waals surface area contributed by atoms with Crippen LogP contribution in [0, 0.1) is 0 Å². The molecule has 2 rings (SSSR count). The van der Waals surface area contributed by atoms with Gasteiger partial charge in [-0.15, -0.1) is 0 Å². The molecule has 0 bridgehead atoms. The maximum Gasteiger partial charge on any atom is 0.136 e. The van der Waals surface area contributed by atoms with Crippen molar-refractivity contribution in [3.63, 3.8) is 0 Å². The van der Waals surface area contributed by atoms with Gasteiger partial charge in [-0.1, -0.05) is 49.4 Å². The molecule has 0 atom stereocenters. The monoisotopic (exact) mass is 254 g/mol. The molecule has 0 aromatic heterocycles. The minimum Gasteiger partial charge on any atom is -0.489 e. The van der Waals surface area contributed by atoms with Crippen molar-refractivity contribution in [2.45, 2.75) is 26.4 Å². The zero-order valence-electron chi connectivity index (χ0n) is 11.1. The van der Waals surface area contributed by atoms with Crippen molar-refractivity contribution in [2.75, 3.05) is 0 Å². The molecule has 0 saturated carbocycles. The Labute approximate surface area is 114 Å². The molecule has 0 fully saturated rings. The highest BCUT2D eigenvalue weighted by molar-refractivity contribution is 5.80. The van der Waals surface area contributed by atoms with Crippen molar-refractivity contribution in [1.29, 1.82) is 0 Å². The van der Waals surface area contributed by atoms with Gasteiger partial charge in [-0.05, 0) is 23.3 Å². The molecule has 0 amide bonds. The van der Waals surface area contributed by atoms with Crippen LogP contribution < -0.4 is 4.74 Å². The Morgan fingerprint density at radius 2 is 1.63 bits per heavy atom. The molecule has 2 aromatic carbocycles. The zero-order valence-corrected chi connectivity index (χ0v) is 11.1. The van der Waals surface area contributed by atoms with Gasteiger partial charge in [-0.2, -0.15) is 0 Å². The number of hydrogen-bond acceptors (Lipinski definition) is 2. The summed E-state index contributed by atoms with van der Waals surface area (Å²) >= 11 is 0. The third-order valence-corrected chi connectivity index (χ3v) is 2.97. The van der Waals surface area contributed by atoms with Gasteiger partial charge in [0.1, 0.15) is 18.1 Å².